The molecule has 3 heteroatoms. The number of likely N-dealkylation sites (N-methyl/N-ethyl adjacent to an activating group) is 1. The summed E-state index contributed by atoms with van der Waals surface area (Å²) < 4.78 is 0. The standard InChI is InChI=1S/C8H15NO2/c1-6(8(10)11)4-5-7(2)9-3/h4-7,9H,1-3H3,(H,10,11)/b5-4+/t6-,7?/m0/s1. The maximum atomic E-state index is 10.3. The maximum absolute atomic E-state index is 10.3. The summed E-state index contributed by atoms with van der Waals surface area (Å²) in [5.41, 5.74) is 0. The first kappa shape index (κ1) is 10.2. The van der Waals surface area contributed by atoms with Crippen molar-refractivity contribution in [2.75, 3.05) is 7.05 Å². The van der Waals surface area contributed by atoms with Crippen LogP contribution < -0.4 is 5.32 Å². The van der Waals surface area contributed by atoms with E-state index in [0.29, 0.717) is 0 Å². The number of aliphatic carboxylic acids is 1. The molecule has 0 heterocycles. The highest BCUT2D eigenvalue weighted by Crippen LogP contribution is 1.97. The highest BCUT2D eigenvalue weighted by Gasteiger charge is 2.05. The van der Waals surface area contributed by atoms with Gasteiger partial charge in [-0.05, 0) is 20.9 Å². The minimum absolute atomic E-state index is 0.233. The average molecular weight is 157 g/mol. The smallest absolute Gasteiger partial charge is 0.310 e. The van der Waals surface area contributed by atoms with Crippen molar-refractivity contribution in [2.24, 2.45) is 5.92 Å². The predicted molar refractivity (Wildman–Crippen MR) is 44.5 cm³/mol. The van der Waals surface area contributed by atoms with Crippen LogP contribution in [0, 0.1) is 5.92 Å². The van der Waals surface area contributed by atoms with E-state index in [1.165, 1.54) is 0 Å². The molecule has 0 saturated heterocycles. The van der Waals surface area contributed by atoms with E-state index in [4.69, 9.17) is 5.11 Å². The largest absolute Gasteiger partial charge is 0.481 e. The van der Waals surface area contributed by atoms with Crippen molar-refractivity contribution in [2.45, 2.75) is 19.9 Å². The average Bonchev–Trinajstić information content (AvgIpc) is 1.99. The van der Waals surface area contributed by atoms with E-state index in [1.807, 2.05) is 20.0 Å². The molecule has 0 aliphatic heterocycles. The van der Waals surface area contributed by atoms with Gasteiger partial charge in [-0.1, -0.05) is 12.2 Å². The Morgan fingerprint density at radius 2 is 2.00 bits per heavy atom. The van der Waals surface area contributed by atoms with Crippen molar-refractivity contribution in [3.8, 4) is 0 Å². The Morgan fingerprint density at radius 1 is 1.45 bits per heavy atom. The summed E-state index contributed by atoms with van der Waals surface area (Å²) in [4.78, 5) is 10.3. The van der Waals surface area contributed by atoms with Crippen LogP contribution >= 0.6 is 0 Å². The topological polar surface area (TPSA) is 49.3 Å². The minimum Gasteiger partial charge on any atom is -0.481 e. The van der Waals surface area contributed by atoms with Crippen molar-refractivity contribution in [3.63, 3.8) is 0 Å². The molecule has 0 amide bonds. The number of hydrogen-bond donors (Lipinski definition) is 2. The first-order valence-corrected chi connectivity index (χ1v) is 3.66. The molecule has 0 spiro atoms. The van der Waals surface area contributed by atoms with Gasteiger partial charge in [-0.3, -0.25) is 4.79 Å². The van der Waals surface area contributed by atoms with E-state index in [-0.39, 0.29) is 6.04 Å². The molecule has 0 radical (unpaired) electrons. The second kappa shape index (κ2) is 4.91. The van der Waals surface area contributed by atoms with Crippen molar-refractivity contribution < 1.29 is 9.90 Å². The molecule has 3 nitrogen and oxygen atoms in total. The lowest BCUT2D eigenvalue weighted by molar-refractivity contribution is -0.139. The molecule has 1 unspecified atom stereocenters. The zero-order valence-electron chi connectivity index (χ0n) is 7.16. The van der Waals surface area contributed by atoms with Crippen LogP contribution in [0.4, 0.5) is 0 Å². The zero-order chi connectivity index (χ0) is 8.85. The highest BCUT2D eigenvalue weighted by molar-refractivity contribution is 5.71. The number of nitrogens with one attached hydrogen (secondary N) is 1. The molecule has 0 rings (SSSR count). The lowest BCUT2D eigenvalue weighted by Crippen LogP contribution is -2.18. The van der Waals surface area contributed by atoms with Crippen molar-refractivity contribution in [1.29, 1.82) is 0 Å². The van der Waals surface area contributed by atoms with Crippen LogP contribution in [-0.4, -0.2) is 24.2 Å². The van der Waals surface area contributed by atoms with Crippen LogP contribution in [0.5, 0.6) is 0 Å². The van der Waals surface area contributed by atoms with Crippen LogP contribution in [0.25, 0.3) is 0 Å². The molecule has 2 N–H and O–H groups in total. The predicted octanol–water partition coefficient (Wildman–Crippen LogP) is 0.871. The fourth-order valence-electron chi connectivity index (χ4n) is 0.512. The number of rotatable bonds is 4. The number of hydrogen-bond acceptors (Lipinski definition) is 2. The molecule has 0 aliphatic carbocycles. The summed E-state index contributed by atoms with van der Waals surface area (Å²) in [6.45, 7) is 3.62. The van der Waals surface area contributed by atoms with Gasteiger partial charge in [0.25, 0.3) is 0 Å². The Balaban J connectivity index is 3.82. The van der Waals surface area contributed by atoms with Crippen molar-refractivity contribution in [1.82, 2.24) is 5.32 Å². The second-order valence-corrected chi connectivity index (χ2v) is 2.59. The summed E-state index contributed by atoms with van der Waals surface area (Å²) >= 11 is 0. The molecule has 2 atom stereocenters. The van der Waals surface area contributed by atoms with Gasteiger partial charge in [-0.25, -0.2) is 0 Å². The van der Waals surface area contributed by atoms with Gasteiger partial charge in [0, 0.05) is 6.04 Å². The summed E-state index contributed by atoms with van der Waals surface area (Å²) in [6, 6.07) is 0.233. The maximum Gasteiger partial charge on any atom is 0.310 e. The summed E-state index contributed by atoms with van der Waals surface area (Å²) in [5, 5.41) is 11.5. The monoisotopic (exact) mass is 157 g/mol. The Labute approximate surface area is 67.1 Å². The van der Waals surface area contributed by atoms with Crippen LogP contribution in [0.2, 0.25) is 0 Å². The van der Waals surface area contributed by atoms with Gasteiger partial charge >= 0.3 is 5.97 Å². The van der Waals surface area contributed by atoms with Crippen LogP contribution in [0.1, 0.15) is 13.8 Å². The summed E-state index contributed by atoms with van der Waals surface area (Å²) in [5.74, 6) is -1.18. The zero-order valence-corrected chi connectivity index (χ0v) is 7.16. The van der Waals surface area contributed by atoms with E-state index < -0.39 is 11.9 Å². The Morgan fingerprint density at radius 3 is 2.36 bits per heavy atom. The first-order valence-electron chi connectivity index (χ1n) is 3.66. The van der Waals surface area contributed by atoms with Gasteiger partial charge in [0.15, 0.2) is 0 Å². The Kier molecular flexibility index (Phi) is 4.54. The van der Waals surface area contributed by atoms with E-state index in [9.17, 15) is 4.79 Å². The summed E-state index contributed by atoms with van der Waals surface area (Å²) in [6.07, 6.45) is 3.53. The molecule has 0 saturated carbocycles. The van der Waals surface area contributed by atoms with Crippen LogP contribution in [-0.2, 0) is 4.79 Å². The molecule has 11 heavy (non-hydrogen) atoms. The van der Waals surface area contributed by atoms with E-state index in [0.717, 1.165) is 0 Å². The van der Waals surface area contributed by atoms with Gasteiger partial charge in [0.1, 0.15) is 0 Å². The van der Waals surface area contributed by atoms with E-state index in [1.54, 1.807) is 13.0 Å². The third kappa shape index (κ3) is 4.56. The van der Waals surface area contributed by atoms with Gasteiger partial charge in [0.2, 0.25) is 0 Å². The van der Waals surface area contributed by atoms with Gasteiger partial charge in [0.05, 0.1) is 5.92 Å². The fourth-order valence-corrected chi connectivity index (χ4v) is 0.512. The van der Waals surface area contributed by atoms with Crippen LogP contribution in [0.3, 0.4) is 0 Å². The number of carbonyl (C=O) groups is 1. The lowest BCUT2D eigenvalue weighted by Gasteiger charge is -2.03. The molecule has 0 aliphatic rings. The van der Waals surface area contributed by atoms with Crippen LogP contribution in [0.15, 0.2) is 12.2 Å². The molecule has 64 valence electrons. The molecular formula is C8H15NO2. The highest BCUT2D eigenvalue weighted by atomic mass is 16.4. The molecule has 0 fully saturated rings. The molecular weight excluding hydrogens is 142 g/mol. The molecule has 0 aromatic heterocycles. The van der Waals surface area contributed by atoms with Crippen molar-refractivity contribution in [3.05, 3.63) is 12.2 Å². The lowest BCUT2D eigenvalue weighted by atomic mass is 10.1. The third-order valence-electron chi connectivity index (χ3n) is 1.53. The quantitative estimate of drug-likeness (QED) is 0.595. The second-order valence-electron chi connectivity index (χ2n) is 2.59. The normalized spacial score (nSPS) is 16.6. The van der Waals surface area contributed by atoms with Gasteiger partial charge in [-0.15, -0.1) is 0 Å². The van der Waals surface area contributed by atoms with Gasteiger partial charge < -0.3 is 10.4 Å². The molecule has 0 aromatic rings. The third-order valence-corrected chi connectivity index (χ3v) is 1.53. The van der Waals surface area contributed by atoms with Crippen molar-refractivity contribution >= 4 is 5.97 Å². The number of carboxylic acid groups (broad SMARTS) is 1. The number of carboxylic acids is 1. The Hall–Kier alpha value is -0.830. The first-order chi connectivity index (χ1) is 5.07. The Bertz CT molecular complexity index is 154. The SMILES string of the molecule is CNC(C)/C=C/[C@H](C)C(=O)O. The summed E-state index contributed by atoms with van der Waals surface area (Å²) in [7, 11) is 1.83. The minimum atomic E-state index is -0.787. The molecule has 0 bridgehead atoms. The fraction of sp³-hybridized carbons (Fsp3) is 0.625. The van der Waals surface area contributed by atoms with E-state index in [2.05, 4.69) is 5.32 Å². The molecule has 0 aromatic carbocycles. The van der Waals surface area contributed by atoms with E-state index >= 15 is 0 Å². The van der Waals surface area contributed by atoms with Gasteiger partial charge in [-0.2, -0.15) is 0 Å².